The van der Waals surface area contributed by atoms with Crippen molar-refractivity contribution in [3.63, 3.8) is 0 Å². The molecule has 2 aliphatic rings. The molecule has 3 N–H and O–H groups in total. The van der Waals surface area contributed by atoms with Gasteiger partial charge in [-0.15, -0.1) is 0 Å². The van der Waals surface area contributed by atoms with Crippen LogP contribution in [0.5, 0.6) is 0 Å². The van der Waals surface area contributed by atoms with Gasteiger partial charge in [0.15, 0.2) is 0 Å². The summed E-state index contributed by atoms with van der Waals surface area (Å²) in [5, 5.41) is 3.49. The average molecular weight is 140 g/mol. The van der Waals surface area contributed by atoms with E-state index in [2.05, 4.69) is 12.2 Å². The zero-order valence-corrected chi connectivity index (χ0v) is 6.51. The second-order valence-electron chi connectivity index (χ2n) is 3.85. The molecule has 4 unspecified atom stereocenters. The van der Waals surface area contributed by atoms with Crippen LogP contribution in [0.2, 0.25) is 0 Å². The van der Waals surface area contributed by atoms with E-state index in [1.165, 1.54) is 19.4 Å². The van der Waals surface area contributed by atoms with Gasteiger partial charge in [-0.25, -0.2) is 0 Å². The summed E-state index contributed by atoms with van der Waals surface area (Å²) in [6, 6.07) is 1.22. The van der Waals surface area contributed by atoms with Gasteiger partial charge in [-0.1, -0.05) is 0 Å². The lowest BCUT2D eigenvalue weighted by atomic mass is 9.95. The molecule has 0 aromatic carbocycles. The van der Waals surface area contributed by atoms with Crippen molar-refractivity contribution in [3.8, 4) is 0 Å². The number of rotatable bonds is 0. The SMILES string of the molecule is CC1NCC2CC(N)CC21. The maximum absolute atomic E-state index is 5.86. The third-order valence-electron chi connectivity index (χ3n) is 3.13. The molecule has 10 heavy (non-hydrogen) atoms. The summed E-state index contributed by atoms with van der Waals surface area (Å²) in [5.74, 6) is 1.78. The fourth-order valence-corrected chi connectivity index (χ4v) is 2.54. The van der Waals surface area contributed by atoms with Crippen LogP contribution in [0.4, 0.5) is 0 Å². The number of fused-ring (bicyclic) bond motifs is 1. The molecule has 2 nitrogen and oxygen atoms in total. The molecule has 1 aliphatic carbocycles. The molecule has 2 rings (SSSR count). The Labute approximate surface area is 62.2 Å². The van der Waals surface area contributed by atoms with Crippen molar-refractivity contribution in [2.24, 2.45) is 17.6 Å². The van der Waals surface area contributed by atoms with Gasteiger partial charge in [0.1, 0.15) is 0 Å². The Hall–Kier alpha value is -0.0800. The Balaban J connectivity index is 2.05. The molecular weight excluding hydrogens is 124 g/mol. The zero-order valence-electron chi connectivity index (χ0n) is 6.51. The minimum Gasteiger partial charge on any atom is -0.328 e. The molecule has 2 fully saturated rings. The lowest BCUT2D eigenvalue weighted by Crippen LogP contribution is -2.26. The van der Waals surface area contributed by atoms with Gasteiger partial charge in [-0.2, -0.15) is 0 Å². The van der Waals surface area contributed by atoms with Crippen molar-refractivity contribution >= 4 is 0 Å². The quantitative estimate of drug-likeness (QED) is 0.509. The topological polar surface area (TPSA) is 38.0 Å². The van der Waals surface area contributed by atoms with Gasteiger partial charge in [0.05, 0.1) is 0 Å². The second kappa shape index (κ2) is 2.21. The number of hydrogen-bond donors (Lipinski definition) is 2. The Morgan fingerprint density at radius 3 is 2.90 bits per heavy atom. The molecule has 1 heterocycles. The molecule has 1 saturated heterocycles. The van der Waals surface area contributed by atoms with Crippen LogP contribution < -0.4 is 11.1 Å². The van der Waals surface area contributed by atoms with Crippen molar-refractivity contribution in [1.29, 1.82) is 0 Å². The van der Waals surface area contributed by atoms with E-state index in [0.717, 1.165) is 17.9 Å². The van der Waals surface area contributed by atoms with Crippen LogP contribution in [0.3, 0.4) is 0 Å². The standard InChI is InChI=1S/C8H16N2/c1-5-8-3-7(9)2-6(8)4-10-5/h5-8,10H,2-4,9H2,1H3. The maximum Gasteiger partial charge on any atom is 0.00708 e. The van der Waals surface area contributed by atoms with E-state index in [1.807, 2.05) is 0 Å². The van der Waals surface area contributed by atoms with Crippen molar-refractivity contribution in [2.45, 2.75) is 31.8 Å². The molecule has 0 aromatic heterocycles. The molecule has 0 amide bonds. The van der Waals surface area contributed by atoms with Gasteiger partial charge < -0.3 is 11.1 Å². The molecule has 0 bridgehead atoms. The van der Waals surface area contributed by atoms with Crippen LogP contribution in [-0.2, 0) is 0 Å². The lowest BCUT2D eigenvalue weighted by molar-refractivity contribution is 0.430. The highest BCUT2D eigenvalue weighted by Crippen LogP contribution is 2.36. The summed E-state index contributed by atoms with van der Waals surface area (Å²) in [4.78, 5) is 0. The first-order valence-electron chi connectivity index (χ1n) is 4.26. The van der Waals surface area contributed by atoms with Crippen LogP contribution in [0.15, 0.2) is 0 Å². The van der Waals surface area contributed by atoms with E-state index in [9.17, 15) is 0 Å². The Morgan fingerprint density at radius 1 is 1.40 bits per heavy atom. The van der Waals surface area contributed by atoms with Gasteiger partial charge >= 0.3 is 0 Å². The predicted molar refractivity (Wildman–Crippen MR) is 41.7 cm³/mol. The van der Waals surface area contributed by atoms with E-state index in [0.29, 0.717) is 6.04 Å². The molecule has 1 saturated carbocycles. The first-order chi connectivity index (χ1) is 4.77. The van der Waals surface area contributed by atoms with Crippen LogP contribution >= 0.6 is 0 Å². The highest BCUT2D eigenvalue weighted by atomic mass is 15.0. The van der Waals surface area contributed by atoms with Crippen LogP contribution in [-0.4, -0.2) is 18.6 Å². The maximum atomic E-state index is 5.86. The number of nitrogens with two attached hydrogens (primary N) is 1. The molecule has 58 valence electrons. The van der Waals surface area contributed by atoms with Crippen LogP contribution in [0.25, 0.3) is 0 Å². The normalized spacial score (nSPS) is 53.4. The molecule has 0 radical (unpaired) electrons. The minimum absolute atomic E-state index is 0.500. The summed E-state index contributed by atoms with van der Waals surface area (Å²) < 4.78 is 0. The van der Waals surface area contributed by atoms with E-state index >= 15 is 0 Å². The largest absolute Gasteiger partial charge is 0.328 e. The minimum atomic E-state index is 0.500. The van der Waals surface area contributed by atoms with E-state index in [1.54, 1.807) is 0 Å². The fourth-order valence-electron chi connectivity index (χ4n) is 2.54. The summed E-state index contributed by atoms with van der Waals surface area (Å²) in [6.45, 7) is 3.49. The van der Waals surface area contributed by atoms with Gasteiger partial charge in [-0.05, 0) is 38.1 Å². The molecular formula is C8H16N2. The van der Waals surface area contributed by atoms with Gasteiger partial charge in [0, 0.05) is 12.1 Å². The number of nitrogens with one attached hydrogen (secondary N) is 1. The fraction of sp³-hybridized carbons (Fsp3) is 1.00. The molecule has 4 atom stereocenters. The van der Waals surface area contributed by atoms with E-state index in [4.69, 9.17) is 5.73 Å². The first-order valence-corrected chi connectivity index (χ1v) is 4.26. The lowest BCUT2D eigenvalue weighted by Gasteiger charge is -2.11. The smallest absolute Gasteiger partial charge is 0.00708 e. The summed E-state index contributed by atoms with van der Waals surface area (Å²) >= 11 is 0. The molecule has 2 heteroatoms. The van der Waals surface area contributed by atoms with Crippen LogP contribution in [0.1, 0.15) is 19.8 Å². The molecule has 0 aromatic rings. The van der Waals surface area contributed by atoms with Crippen molar-refractivity contribution < 1.29 is 0 Å². The second-order valence-corrected chi connectivity index (χ2v) is 3.85. The highest BCUT2D eigenvalue weighted by molar-refractivity contribution is 4.96. The van der Waals surface area contributed by atoms with E-state index in [-0.39, 0.29) is 0 Å². The molecule has 0 spiro atoms. The third-order valence-corrected chi connectivity index (χ3v) is 3.13. The van der Waals surface area contributed by atoms with Crippen LogP contribution in [0, 0.1) is 11.8 Å². The van der Waals surface area contributed by atoms with Gasteiger partial charge in [0.25, 0.3) is 0 Å². The summed E-state index contributed by atoms with van der Waals surface area (Å²) in [6.07, 6.45) is 2.50. The predicted octanol–water partition coefficient (Wildman–Crippen LogP) is 0.332. The Morgan fingerprint density at radius 2 is 2.20 bits per heavy atom. The van der Waals surface area contributed by atoms with Crippen molar-refractivity contribution in [1.82, 2.24) is 5.32 Å². The molecule has 1 aliphatic heterocycles. The highest BCUT2D eigenvalue weighted by Gasteiger charge is 2.39. The van der Waals surface area contributed by atoms with E-state index < -0.39 is 0 Å². The Bertz CT molecular complexity index is 135. The summed E-state index contributed by atoms with van der Waals surface area (Å²) in [5.41, 5.74) is 5.86. The zero-order chi connectivity index (χ0) is 7.14. The van der Waals surface area contributed by atoms with Gasteiger partial charge in [-0.3, -0.25) is 0 Å². The third kappa shape index (κ3) is 0.867. The number of hydrogen-bond acceptors (Lipinski definition) is 2. The Kier molecular flexibility index (Phi) is 1.46. The monoisotopic (exact) mass is 140 g/mol. The summed E-state index contributed by atoms with van der Waals surface area (Å²) in [7, 11) is 0. The van der Waals surface area contributed by atoms with Crippen molar-refractivity contribution in [2.75, 3.05) is 6.54 Å². The van der Waals surface area contributed by atoms with Gasteiger partial charge in [0.2, 0.25) is 0 Å². The first kappa shape index (κ1) is 6.62. The average Bonchev–Trinajstić information content (AvgIpc) is 2.35. The van der Waals surface area contributed by atoms with Crippen molar-refractivity contribution in [3.05, 3.63) is 0 Å².